The molecule has 1 rings (SSSR count). The zero-order chi connectivity index (χ0) is 11.5. The molecule has 0 amide bonds. The van der Waals surface area contributed by atoms with Gasteiger partial charge in [0.2, 0.25) is 0 Å². The maximum atomic E-state index is 8.68. The van der Waals surface area contributed by atoms with Gasteiger partial charge in [-0.25, -0.2) is 5.48 Å². The minimum absolute atomic E-state index is 0. The smallest absolute Gasteiger partial charge is 0.0595 e. The summed E-state index contributed by atoms with van der Waals surface area (Å²) in [5.74, 6) is 0. The first kappa shape index (κ1) is 16.0. The maximum Gasteiger partial charge on any atom is 0.0595 e. The second-order valence-corrected chi connectivity index (χ2v) is 5.24. The lowest BCUT2D eigenvalue weighted by molar-refractivity contribution is 0.124. The van der Waals surface area contributed by atoms with E-state index in [0.29, 0.717) is 16.6 Å². The number of hydroxylamine groups is 1. The zero-order valence-corrected chi connectivity index (χ0v) is 11.6. The molecule has 0 saturated heterocycles. The lowest BCUT2D eigenvalue weighted by atomic mass is 9.86. The molecule has 0 aliphatic rings. The highest BCUT2D eigenvalue weighted by atomic mass is 35.5. The summed E-state index contributed by atoms with van der Waals surface area (Å²) in [6.07, 6.45) is 0.831. The molecule has 0 heterocycles. The van der Waals surface area contributed by atoms with E-state index in [2.05, 4.69) is 19.3 Å². The minimum Gasteiger partial charge on any atom is -0.317 e. The van der Waals surface area contributed by atoms with Crippen molar-refractivity contribution in [2.45, 2.75) is 20.3 Å². The van der Waals surface area contributed by atoms with Gasteiger partial charge in [-0.15, -0.1) is 12.4 Å². The second kappa shape index (κ2) is 6.67. The molecule has 0 aliphatic heterocycles. The van der Waals surface area contributed by atoms with Crippen molar-refractivity contribution >= 4 is 35.6 Å². The molecule has 1 aromatic rings. The van der Waals surface area contributed by atoms with Crippen LogP contribution in [0.1, 0.15) is 19.4 Å². The van der Waals surface area contributed by atoms with Gasteiger partial charge in [-0.1, -0.05) is 43.1 Å². The molecular formula is C11H16Cl3NO. The number of rotatable bonds is 4. The van der Waals surface area contributed by atoms with Crippen molar-refractivity contribution in [2.75, 3.05) is 6.54 Å². The summed E-state index contributed by atoms with van der Waals surface area (Å²) in [5.41, 5.74) is 3.29. The Bertz CT molecular complexity index is 342. The van der Waals surface area contributed by atoms with Gasteiger partial charge in [0, 0.05) is 6.54 Å². The van der Waals surface area contributed by atoms with Crippen molar-refractivity contribution in [2.24, 2.45) is 5.41 Å². The summed E-state index contributed by atoms with van der Waals surface area (Å²) in [6.45, 7) is 4.67. The van der Waals surface area contributed by atoms with E-state index in [1.807, 2.05) is 12.1 Å². The third-order valence-corrected chi connectivity index (χ3v) is 2.96. The normalized spacial score (nSPS) is 11.1. The van der Waals surface area contributed by atoms with E-state index in [0.717, 1.165) is 12.0 Å². The fourth-order valence-corrected chi connectivity index (χ4v) is 1.80. The lowest BCUT2D eigenvalue weighted by Crippen LogP contribution is -2.29. The van der Waals surface area contributed by atoms with E-state index in [1.165, 1.54) is 0 Å². The van der Waals surface area contributed by atoms with Crippen LogP contribution in [0.15, 0.2) is 18.2 Å². The van der Waals surface area contributed by atoms with E-state index in [4.69, 9.17) is 28.4 Å². The molecule has 0 bridgehead atoms. The van der Waals surface area contributed by atoms with E-state index in [9.17, 15) is 0 Å². The van der Waals surface area contributed by atoms with Crippen LogP contribution in [0.3, 0.4) is 0 Å². The van der Waals surface area contributed by atoms with Gasteiger partial charge >= 0.3 is 0 Å². The van der Waals surface area contributed by atoms with Crippen molar-refractivity contribution in [1.82, 2.24) is 5.48 Å². The topological polar surface area (TPSA) is 32.3 Å². The Hall–Kier alpha value is 0.01000. The van der Waals surface area contributed by atoms with Gasteiger partial charge in [-0.05, 0) is 29.5 Å². The monoisotopic (exact) mass is 283 g/mol. The molecule has 0 spiro atoms. The highest BCUT2D eigenvalue weighted by Gasteiger charge is 2.18. The average Bonchev–Trinajstić information content (AvgIpc) is 2.10. The summed E-state index contributed by atoms with van der Waals surface area (Å²) in [4.78, 5) is 0. The van der Waals surface area contributed by atoms with Crippen LogP contribution < -0.4 is 5.48 Å². The SMILES string of the molecule is CC(C)(CNO)Cc1ccc(Cl)c(Cl)c1.Cl. The molecule has 16 heavy (non-hydrogen) atoms. The van der Waals surface area contributed by atoms with Crippen molar-refractivity contribution in [3.8, 4) is 0 Å². The van der Waals surface area contributed by atoms with E-state index in [1.54, 1.807) is 6.07 Å². The van der Waals surface area contributed by atoms with Crippen LogP contribution in [0.4, 0.5) is 0 Å². The Morgan fingerprint density at radius 1 is 1.25 bits per heavy atom. The number of nitrogens with one attached hydrogen (secondary N) is 1. The third-order valence-electron chi connectivity index (χ3n) is 2.22. The first-order valence-electron chi connectivity index (χ1n) is 4.75. The quantitative estimate of drug-likeness (QED) is 0.820. The fourth-order valence-electron chi connectivity index (χ4n) is 1.48. The van der Waals surface area contributed by atoms with Crippen LogP contribution in [0.5, 0.6) is 0 Å². The Kier molecular flexibility index (Phi) is 6.68. The van der Waals surface area contributed by atoms with Gasteiger partial charge in [0.25, 0.3) is 0 Å². The van der Waals surface area contributed by atoms with Crippen molar-refractivity contribution < 1.29 is 5.21 Å². The summed E-state index contributed by atoms with van der Waals surface area (Å²) in [6, 6.07) is 5.61. The summed E-state index contributed by atoms with van der Waals surface area (Å²) >= 11 is 11.8. The number of hydrogen-bond donors (Lipinski definition) is 2. The molecule has 0 aliphatic carbocycles. The Morgan fingerprint density at radius 3 is 2.38 bits per heavy atom. The van der Waals surface area contributed by atoms with Gasteiger partial charge in [-0.3, -0.25) is 0 Å². The first-order valence-corrected chi connectivity index (χ1v) is 5.51. The Balaban J connectivity index is 0.00000225. The van der Waals surface area contributed by atoms with Crippen LogP contribution in [-0.4, -0.2) is 11.8 Å². The van der Waals surface area contributed by atoms with Gasteiger partial charge in [-0.2, -0.15) is 0 Å². The number of hydrogen-bond acceptors (Lipinski definition) is 2. The molecular weight excluding hydrogens is 268 g/mol. The second-order valence-electron chi connectivity index (χ2n) is 4.42. The predicted octanol–water partition coefficient (Wildman–Crippen LogP) is 3.96. The first-order chi connectivity index (χ1) is 6.94. The van der Waals surface area contributed by atoms with Crippen molar-refractivity contribution in [1.29, 1.82) is 0 Å². The highest BCUT2D eigenvalue weighted by molar-refractivity contribution is 6.42. The largest absolute Gasteiger partial charge is 0.317 e. The van der Waals surface area contributed by atoms with Gasteiger partial charge in [0.1, 0.15) is 0 Å². The lowest BCUT2D eigenvalue weighted by Gasteiger charge is -2.23. The van der Waals surface area contributed by atoms with Crippen LogP contribution in [0.2, 0.25) is 10.0 Å². The molecule has 92 valence electrons. The summed E-state index contributed by atoms with van der Waals surface area (Å²) in [7, 11) is 0. The molecule has 5 heteroatoms. The fraction of sp³-hybridized carbons (Fsp3) is 0.455. The summed E-state index contributed by atoms with van der Waals surface area (Å²) in [5, 5.41) is 9.82. The van der Waals surface area contributed by atoms with Crippen LogP contribution in [-0.2, 0) is 6.42 Å². The van der Waals surface area contributed by atoms with E-state index < -0.39 is 0 Å². The van der Waals surface area contributed by atoms with E-state index in [-0.39, 0.29) is 17.8 Å². The van der Waals surface area contributed by atoms with Crippen molar-refractivity contribution in [3.05, 3.63) is 33.8 Å². The van der Waals surface area contributed by atoms with E-state index >= 15 is 0 Å². The van der Waals surface area contributed by atoms with Gasteiger partial charge in [0.05, 0.1) is 10.0 Å². The molecule has 0 fully saturated rings. The molecule has 0 aromatic heterocycles. The molecule has 0 saturated carbocycles. The number of benzene rings is 1. The molecule has 1 aromatic carbocycles. The Morgan fingerprint density at radius 2 is 1.88 bits per heavy atom. The molecule has 2 N–H and O–H groups in total. The molecule has 2 nitrogen and oxygen atoms in total. The predicted molar refractivity (Wildman–Crippen MR) is 71.0 cm³/mol. The molecule has 0 atom stereocenters. The summed E-state index contributed by atoms with van der Waals surface area (Å²) < 4.78 is 0. The van der Waals surface area contributed by atoms with Gasteiger partial charge in [0.15, 0.2) is 0 Å². The Labute approximate surface area is 112 Å². The third kappa shape index (κ3) is 4.89. The standard InChI is InChI=1S/C11H15Cl2NO.ClH/c1-11(2,7-14-15)6-8-3-4-9(12)10(13)5-8;/h3-5,14-15H,6-7H2,1-2H3;1H. The van der Waals surface area contributed by atoms with Crippen molar-refractivity contribution in [3.63, 3.8) is 0 Å². The highest BCUT2D eigenvalue weighted by Crippen LogP contribution is 2.27. The number of halogens is 3. The molecule has 0 radical (unpaired) electrons. The minimum atomic E-state index is -0.0219. The maximum absolute atomic E-state index is 8.68. The molecule has 0 unspecified atom stereocenters. The van der Waals surface area contributed by atoms with Gasteiger partial charge < -0.3 is 5.21 Å². The average molecular weight is 285 g/mol. The van der Waals surface area contributed by atoms with Crippen LogP contribution >= 0.6 is 35.6 Å². The van der Waals surface area contributed by atoms with Crippen LogP contribution in [0, 0.1) is 5.41 Å². The zero-order valence-electron chi connectivity index (χ0n) is 9.26. The van der Waals surface area contributed by atoms with Crippen LogP contribution in [0.25, 0.3) is 0 Å².